The third-order valence-corrected chi connectivity index (χ3v) is 4.98. The number of carboxylic acid groups (broad SMARTS) is 1. The number of benzene rings is 1. The number of rotatable bonds is 2. The summed E-state index contributed by atoms with van der Waals surface area (Å²) in [6.45, 7) is 6.75. The highest BCUT2D eigenvalue weighted by atomic mass is 16.7. The number of carboxylic acids is 1. The molecule has 0 saturated carbocycles. The highest BCUT2D eigenvalue weighted by Crippen LogP contribution is 2.73. The number of morpholine rings is 1. The number of carbonyl (C=O) groups is 1. The molecule has 2 heterocycles. The normalized spacial score (nSPS) is 37.5. The second kappa shape index (κ2) is 3.42. The first kappa shape index (κ1) is 13.5. The minimum atomic E-state index is -1.51. The molecule has 0 amide bonds. The molecule has 2 aliphatic rings. The van der Waals surface area contributed by atoms with Crippen LogP contribution in [0.4, 0.5) is 0 Å². The second-order valence-electron chi connectivity index (χ2n) is 6.55. The van der Waals surface area contributed by atoms with Crippen molar-refractivity contribution in [3.8, 4) is 0 Å². The predicted molar refractivity (Wildman–Crippen MR) is 70.3 cm³/mol. The summed E-state index contributed by atoms with van der Waals surface area (Å²) in [5.74, 6) is -1.09. The lowest BCUT2D eigenvalue weighted by Crippen LogP contribution is -2.55. The van der Waals surface area contributed by atoms with Crippen LogP contribution in [0.15, 0.2) is 30.3 Å². The fourth-order valence-electron chi connectivity index (χ4n) is 4.04. The molecule has 1 radical (unpaired) electrons. The smallest absolute Gasteiger partial charge is 0.341 e. The number of nitrogens with zero attached hydrogens (tertiary/aromatic N) is 1. The lowest BCUT2D eigenvalue weighted by Gasteiger charge is -2.38. The Hall–Kier alpha value is -1.43. The molecule has 3 rings (SSSR count). The molecular weight excluding hydrogens is 258 g/mol. The van der Waals surface area contributed by atoms with Crippen LogP contribution in [-0.2, 0) is 20.3 Å². The summed E-state index contributed by atoms with van der Waals surface area (Å²) in [5.41, 5.74) is -3.99. The van der Waals surface area contributed by atoms with Crippen LogP contribution in [0.25, 0.3) is 0 Å². The maximum Gasteiger partial charge on any atom is 0.341 e. The van der Waals surface area contributed by atoms with Crippen LogP contribution in [0.3, 0.4) is 0 Å². The molecule has 20 heavy (non-hydrogen) atoms. The van der Waals surface area contributed by atoms with Crippen LogP contribution in [0.1, 0.15) is 33.3 Å². The Morgan fingerprint density at radius 3 is 2.15 bits per heavy atom. The van der Waals surface area contributed by atoms with Crippen LogP contribution in [0.5, 0.6) is 0 Å². The molecule has 0 bridgehead atoms. The first-order valence-corrected chi connectivity index (χ1v) is 6.63. The van der Waals surface area contributed by atoms with E-state index in [0.29, 0.717) is 0 Å². The predicted octanol–water partition coefficient (Wildman–Crippen LogP) is 1.95. The monoisotopic (exact) mass is 276 g/mol. The molecule has 0 unspecified atom stereocenters. The summed E-state index contributed by atoms with van der Waals surface area (Å²) in [5, 5.41) is 23.3. The lowest BCUT2D eigenvalue weighted by atomic mass is 9.73. The fourth-order valence-corrected chi connectivity index (χ4v) is 4.04. The molecule has 0 aromatic heterocycles. The Morgan fingerprint density at radius 2 is 1.65 bits per heavy atom. The van der Waals surface area contributed by atoms with Crippen LogP contribution >= 0.6 is 0 Å². The van der Waals surface area contributed by atoms with Crippen LogP contribution in [-0.4, -0.2) is 32.8 Å². The van der Waals surface area contributed by atoms with Gasteiger partial charge < -0.3 is 9.84 Å². The first-order chi connectivity index (χ1) is 9.16. The van der Waals surface area contributed by atoms with Crippen LogP contribution in [0.2, 0.25) is 0 Å². The van der Waals surface area contributed by atoms with Crippen LogP contribution in [0, 0.1) is 0 Å². The van der Waals surface area contributed by atoms with E-state index in [9.17, 15) is 15.1 Å². The molecule has 1 aromatic rings. The Labute approximate surface area is 117 Å². The summed E-state index contributed by atoms with van der Waals surface area (Å²) in [4.78, 5) is 11.9. The van der Waals surface area contributed by atoms with Gasteiger partial charge in [-0.3, -0.25) is 0 Å². The van der Waals surface area contributed by atoms with Gasteiger partial charge >= 0.3 is 5.97 Å². The van der Waals surface area contributed by atoms with E-state index >= 15 is 0 Å². The maximum absolute atomic E-state index is 12.7. The fraction of sp³-hybridized carbons (Fsp3) is 0.533. The zero-order valence-electron chi connectivity index (χ0n) is 12.0. The summed E-state index contributed by atoms with van der Waals surface area (Å²) in [6.07, 6.45) is 0. The maximum atomic E-state index is 12.7. The Bertz CT molecular complexity index is 583. The number of epoxide rings is 1. The zero-order chi connectivity index (χ0) is 15.0. The van der Waals surface area contributed by atoms with Crippen molar-refractivity contribution < 1.29 is 19.8 Å². The lowest BCUT2D eigenvalue weighted by molar-refractivity contribution is -0.283. The molecule has 107 valence electrons. The minimum absolute atomic E-state index is 0.735. The van der Waals surface area contributed by atoms with Gasteiger partial charge in [0.1, 0.15) is 0 Å². The number of hydrogen-bond donors (Lipinski definition) is 1. The molecule has 0 aliphatic carbocycles. The van der Waals surface area contributed by atoms with Gasteiger partial charge in [-0.05, 0) is 33.3 Å². The first-order valence-electron chi connectivity index (χ1n) is 6.63. The second-order valence-corrected chi connectivity index (χ2v) is 6.55. The Balaban J connectivity index is 2.29. The van der Waals surface area contributed by atoms with Gasteiger partial charge in [0.15, 0.2) is 5.60 Å². The van der Waals surface area contributed by atoms with Crippen LogP contribution < -0.4 is 0 Å². The van der Waals surface area contributed by atoms with Gasteiger partial charge in [-0.2, -0.15) is 0 Å². The quantitative estimate of drug-likeness (QED) is 0.838. The Kier molecular flexibility index (Phi) is 2.32. The van der Waals surface area contributed by atoms with Gasteiger partial charge in [-0.15, -0.1) is 10.3 Å². The molecule has 2 fully saturated rings. The third-order valence-electron chi connectivity index (χ3n) is 4.98. The van der Waals surface area contributed by atoms with Crippen molar-refractivity contribution in [2.75, 3.05) is 0 Å². The van der Waals surface area contributed by atoms with Crippen molar-refractivity contribution in [3.05, 3.63) is 35.9 Å². The van der Waals surface area contributed by atoms with Crippen molar-refractivity contribution in [3.63, 3.8) is 0 Å². The van der Waals surface area contributed by atoms with E-state index in [1.807, 2.05) is 30.3 Å². The number of aliphatic carboxylic acids is 1. The van der Waals surface area contributed by atoms with Gasteiger partial charge in [0.05, 0.1) is 11.1 Å². The standard InChI is InChI=1S/C15H18NO4/c1-12(2)14(10-8-6-5-7-9-10)15(20-14,11(17)18)13(3,4)16(12)19/h5-9H,1-4H3,(H,17,18)/t14-,15+/m0/s1. The van der Waals surface area contributed by atoms with Crippen molar-refractivity contribution in [1.29, 1.82) is 0 Å². The largest absolute Gasteiger partial charge is 0.479 e. The highest BCUT2D eigenvalue weighted by Gasteiger charge is 2.94. The summed E-state index contributed by atoms with van der Waals surface area (Å²) in [6, 6.07) is 9.15. The topological polar surface area (TPSA) is 73.0 Å². The summed E-state index contributed by atoms with van der Waals surface area (Å²) >= 11 is 0. The van der Waals surface area contributed by atoms with E-state index in [2.05, 4.69) is 0 Å². The van der Waals surface area contributed by atoms with E-state index in [1.54, 1.807) is 27.7 Å². The molecule has 1 aromatic carbocycles. The van der Waals surface area contributed by atoms with E-state index in [4.69, 9.17) is 4.74 Å². The number of hydrogen-bond acceptors (Lipinski definition) is 3. The average molecular weight is 276 g/mol. The molecule has 0 spiro atoms. The van der Waals surface area contributed by atoms with E-state index in [1.165, 1.54) is 0 Å². The molecule has 1 N–H and O–H groups in total. The summed E-state index contributed by atoms with van der Waals surface area (Å²) < 4.78 is 5.84. The number of hydroxylamine groups is 2. The number of fused-ring (bicyclic) bond motifs is 1. The van der Waals surface area contributed by atoms with Gasteiger partial charge in [0, 0.05) is 0 Å². The molecule has 2 aliphatic heterocycles. The minimum Gasteiger partial charge on any atom is -0.479 e. The van der Waals surface area contributed by atoms with Gasteiger partial charge in [0.2, 0.25) is 5.60 Å². The molecular formula is C15H18NO4. The molecule has 5 heteroatoms. The Morgan fingerprint density at radius 1 is 1.10 bits per heavy atom. The molecule has 2 saturated heterocycles. The van der Waals surface area contributed by atoms with Crippen molar-refractivity contribution in [2.24, 2.45) is 0 Å². The van der Waals surface area contributed by atoms with Gasteiger partial charge in [-0.25, -0.2) is 4.79 Å². The zero-order valence-corrected chi connectivity index (χ0v) is 12.0. The van der Waals surface area contributed by atoms with Crippen molar-refractivity contribution >= 4 is 5.97 Å². The van der Waals surface area contributed by atoms with Crippen molar-refractivity contribution in [1.82, 2.24) is 5.06 Å². The summed E-state index contributed by atoms with van der Waals surface area (Å²) in [7, 11) is 0. The number of ether oxygens (including phenoxy) is 1. The van der Waals surface area contributed by atoms with E-state index < -0.39 is 28.2 Å². The highest BCUT2D eigenvalue weighted by molar-refractivity contribution is 5.88. The van der Waals surface area contributed by atoms with Gasteiger partial charge in [-0.1, -0.05) is 30.3 Å². The van der Waals surface area contributed by atoms with Crippen molar-refractivity contribution in [2.45, 2.75) is 50.0 Å². The molecule has 2 atom stereocenters. The van der Waals surface area contributed by atoms with E-state index in [-0.39, 0.29) is 0 Å². The van der Waals surface area contributed by atoms with Gasteiger partial charge in [0.25, 0.3) is 0 Å². The molecule has 5 nitrogen and oxygen atoms in total. The third kappa shape index (κ3) is 1.06. The average Bonchev–Trinajstić information content (AvgIpc) is 3.10. The SMILES string of the molecule is CC1(C)N([O])C(C)(C)[C@]2(c3ccccc3)O[C@]12C(=O)O. The van der Waals surface area contributed by atoms with E-state index in [0.717, 1.165) is 10.6 Å².